The highest BCUT2D eigenvalue weighted by Crippen LogP contribution is 2.32. The third-order valence-electron chi connectivity index (χ3n) is 3.47. The van der Waals surface area contributed by atoms with E-state index in [9.17, 15) is 4.39 Å². The van der Waals surface area contributed by atoms with E-state index in [0.29, 0.717) is 5.82 Å². The van der Waals surface area contributed by atoms with Crippen molar-refractivity contribution in [2.45, 2.75) is 52.2 Å². The van der Waals surface area contributed by atoms with Gasteiger partial charge in [-0.2, -0.15) is 0 Å². The largest absolute Gasteiger partial charge is 0.361 e. The molecule has 0 aliphatic carbocycles. The summed E-state index contributed by atoms with van der Waals surface area (Å²) in [5.74, 6) is 0.479. The average Bonchev–Trinajstić information content (AvgIpc) is 2.96. The van der Waals surface area contributed by atoms with Crippen molar-refractivity contribution in [3.05, 3.63) is 38.9 Å². The fraction of sp³-hybridized carbons (Fsp3) is 0.500. The van der Waals surface area contributed by atoms with Crippen LogP contribution < -0.4 is 5.32 Å². The number of unbranched alkanes of at least 4 members (excludes halogenated alkanes) is 1. The molecule has 0 radical (unpaired) electrons. The van der Waals surface area contributed by atoms with Crippen molar-refractivity contribution in [1.29, 1.82) is 0 Å². The minimum Gasteiger partial charge on any atom is -0.361 e. The van der Waals surface area contributed by atoms with E-state index in [4.69, 9.17) is 11.6 Å². The molecule has 0 spiro atoms. The van der Waals surface area contributed by atoms with Crippen LogP contribution in [-0.4, -0.2) is 9.97 Å². The Bertz CT molecular complexity index is 615. The van der Waals surface area contributed by atoms with Gasteiger partial charge < -0.3 is 5.32 Å². The van der Waals surface area contributed by atoms with Crippen molar-refractivity contribution in [2.24, 2.45) is 0 Å². The summed E-state index contributed by atoms with van der Waals surface area (Å²) in [5.41, 5.74) is 1.59. The van der Waals surface area contributed by atoms with Crippen LogP contribution in [0.1, 0.15) is 62.0 Å². The van der Waals surface area contributed by atoms with E-state index in [1.165, 1.54) is 36.5 Å². The molecule has 0 aromatic carbocycles. The minimum atomic E-state index is -1.21. The standard InChI is InChI=1S/C16H21ClFN3S/c1-4-5-6-12-7-13(22-8-12)11(3)21-16-14(17)15(10(2)18)19-9-20-16/h7-11H,4-6H2,1-3H3,(H,19,20,21). The smallest absolute Gasteiger partial charge is 0.149 e. The second kappa shape index (κ2) is 7.88. The number of alkyl halides is 1. The Labute approximate surface area is 140 Å². The molecule has 2 atom stereocenters. The molecule has 3 nitrogen and oxygen atoms in total. The molecule has 0 saturated heterocycles. The minimum absolute atomic E-state index is 0.0653. The first kappa shape index (κ1) is 17.2. The van der Waals surface area contributed by atoms with Gasteiger partial charge in [0, 0.05) is 4.88 Å². The first-order valence-electron chi connectivity index (χ1n) is 7.51. The monoisotopic (exact) mass is 341 g/mol. The molecule has 2 rings (SSSR count). The van der Waals surface area contributed by atoms with Crippen molar-refractivity contribution >= 4 is 28.8 Å². The van der Waals surface area contributed by atoms with Gasteiger partial charge in [-0.05, 0) is 43.7 Å². The lowest BCUT2D eigenvalue weighted by atomic mass is 10.1. The number of rotatable bonds is 7. The van der Waals surface area contributed by atoms with Gasteiger partial charge in [-0.15, -0.1) is 11.3 Å². The highest BCUT2D eigenvalue weighted by molar-refractivity contribution is 7.10. The third-order valence-corrected chi connectivity index (χ3v) is 5.00. The van der Waals surface area contributed by atoms with Crippen LogP contribution in [0.4, 0.5) is 10.2 Å². The van der Waals surface area contributed by atoms with E-state index in [1.807, 2.05) is 6.92 Å². The van der Waals surface area contributed by atoms with Crippen LogP contribution in [0.25, 0.3) is 0 Å². The first-order valence-corrected chi connectivity index (χ1v) is 8.77. The van der Waals surface area contributed by atoms with E-state index in [-0.39, 0.29) is 16.8 Å². The Balaban J connectivity index is 2.10. The van der Waals surface area contributed by atoms with Gasteiger partial charge in [0.2, 0.25) is 0 Å². The summed E-state index contributed by atoms with van der Waals surface area (Å²) in [4.78, 5) is 9.25. The van der Waals surface area contributed by atoms with Crippen LogP contribution in [0.3, 0.4) is 0 Å². The maximum atomic E-state index is 13.5. The number of hydrogen-bond acceptors (Lipinski definition) is 4. The Morgan fingerprint density at radius 2 is 2.14 bits per heavy atom. The van der Waals surface area contributed by atoms with Gasteiger partial charge in [-0.25, -0.2) is 14.4 Å². The number of aryl methyl sites for hydroxylation is 1. The lowest BCUT2D eigenvalue weighted by molar-refractivity contribution is 0.365. The predicted octanol–water partition coefficient (Wildman–Crippen LogP) is 5.74. The number of halogens is 2. The number of nitrogens with zero attached hydrogens (tertiary/aromatic N) is 2. The van der Waals surface area contributed by atoms with Crippen LogP contribution in [0.15, 0.2) is 17.8 Å². The molecule has 0 aliphatic rings. The van der Waals surface area contributed by atoms with Crippen molar-refractivity contribution in [2.75, 3.05) is 5.32 Å². The molecule has 0 fully saturated rings. The molecule has 2 unspecified atom stereocenters. The number of hydrogen-bond donors (Lipinski definition) is 1. The molecule has 2 heterocycles. The van der Waals surface area contributed by atoms with Gasteiger partial charge >= 0.3 is 0 Å². The van der Waals surface area contributed by atoms with E-state index in [1.54, 1.807) is 11.3 Å². The highest BCUT2D eigenvalue weighted by Gasteiger charge is 2.17. The van der Waals surface area contributed by atoms with Crippen LogP contribution in [0, 0.1) is 0 Å². The highest BCUT2D eigenvalue weighted by atomic mass is 35.5. The van der Waals surface area contributed by atoms with Crippen LogP contribution in [-0.2, 0) is 6.42 Å². The topological polar surface area (TPSA) is 37.8 Å². The van der Waals surface area contributed by atoms with E-state index in [2.05, 4.69) is 33.7 Å². The van der Waals surface area contributed by atoms with Gasteiger partial charge in [0.15, 0.2) is 0 Å². The summed E-state index contributed by atoms with van der Waals surface area (Å²) < 4.78 is 13.5. The fourth-order valence-electron chi connectivity index (χ4n) is 2.17. The molecule has 0 amide bonds. The van der Waals surface area contributed by atoms with Crippen molar-refractivity contribution in [3.8, 4) is 0 Å². The number of aromatic nitrogens is 2. The van der Waals surface area contributed by atoms with Crippen molar-refractivity contribution in [1.82, 2.24) is 9.97 Å². The zero-order chi connectivity index (χ0) is 16.1. The second-order valence-electron chi connectivity index (χ2n) is 5.36. The van der Waals surface area contributed by atoms with E-state index >= 15 is 0 Å². The second-order valence-corrected chi connectivity index (χ2v) is 6.69. The summed E-state index contributed by atoms with van der Waals surface area (Å²) in [5, 5.41) is 5.70. The van der Waals surface area contributed by atoms with E-state index in [0.717, 1.165) is 6.42 Å². The SMILES string of the molecule is CCCCc1csc(C(C)Nc2ncnc(C(C)F)c2Cl)c1. The maximum absolute atomic E-state index is 13.5. The van der Waals surface area contributed by atoms with Crippen LogP contribution in [0.5, 0.6) is 0 Å². The normalized spacial score (nSPS) is 13.9. The summed E-state index contributed by atoms with van der Waals surface area (Å²) in [7, 11) is 0. The molecule has 2 aromatic rings. The first-order chi connectivity index (χ1) is 10.5. The Morgan fingerprint density at radius 1 is 1.36 bits per heavy atom. The summed E-state index contributed by atoms with van der Waals surface area (Å²) in [6.45, 7) is 5.66. The molecule has 0 aliphatic heterocycles. The lowest BCUT2D eigenvalue weighted by Gasteiger charge is -2.15. The quantitative estimate of drug-likeness (QED) is 0.698. The molecule has 2 aromatic heterocycles. The molecule has 0 bridgehead atoms. The average molecular weight is 342 g/mol. The van der Waals surface area contributed by atoms with Crippen LogP contribution in [0.2, 0.25) is 5.02 Å². The maximum Gasteiger partial charge on any atom is 0.149 e. The zero-order valence-electron chi connectivity index (χ0n) is 13.1. The van der Waals surface area contributed by atoms with Crippen molar-refractivity contribution < 1.29 is 4.39 Å². The third kappa shape index (κ3) is 4.17. The van der Waals surface area contributed by atoms with Crippen molar-refractivity contribution in [3.63, 3.8) is 0 Å². The van der Waals surface area contributed by atoms with Gasteiger partial charge in [0.25, 0.3) is 0 Å². The Morgan fingerprint density at radius 3 is 2.82 bits per heavy atom. The predicted molar refractivity (Wildman–Crippen MR) is 91.5 cm³/mol. The van der Waals surface area contributed by atoms with Gasteiger partial charge in [-0.3, -0.25) is 0 Å². The molecule has 6 heteroatoms. The van der Waals surface area contributed by atoms with Crippen LogP contribution >= 0.6 is 22.9 Å². The summed E-state index contributed by atoms with van der Waals surface area (Å²) in [6.07, 6.45) is 3.63. The summed E-state index contributed by atoms with van der Waals surface area (Å²) in [6, 6.07) is 2.28. The Kier molecular flexibility index (Phi) is 6.15. The number of nitrogens with one attached hydrogen (secondary N) is 1. The molecule has 22 heavy (non-hydrogen) atoms. The van der Waals surface area contributed by atoms with Gasteiger partial charge in [-0.1, -0.05) is 24.9 Å². The number of thiophene rings is 1. The summed E-state index contributed by atoms with van der Waals surface area (Å²) >= 11 is 7.91. The molecule has 0 saturated carbocycles. The molecular weight excluding hydrogens is 321 g/mol. The fourth-order valence-corrected chi connectivity index (χ4v) is 3.43. The zero-order valence-corrected chi connectivity index (χ0v) is 14.6. The number of anilines is 1. The lowest BCUT2D eigenvalue weighted by Crippen LogP contribution is -2.09. The molecular formula is C16H21ClFN3S. The molecule has 120 valence electrons. The van der Waals surface area contributed by atoms with Gasteiger partial charge in [0.1, 0.15) is 23.3 Å². The Hall–Kier alpha value is -1.20. The van der Waals surface area contributed by atoms with Gasteiger partial charge in [0.05, 0.1) is 11.7 Å². The van der Waals surface area contributed by atoms with E-state index < -0.39 is 6.17 Å². The molecule has 1 N–H and O–H groups in total.